The summed E-state index contributed by atoms with van der Waals surface area (Å²) in [5.74, 6) is 0.136. The van der Waals surface area contributed by atoms with Crippen molar-refractivity contribution in [3.8, 4) is 11.3 Å². The summed E-state index contributed by atoms with van der Waals surface area (Å²) >= 11 is 0. The highest BCUT2D eigenvalue weighted by atomic mass is 19.1. The molecule has 0 unspecified atom stereocenters. The second kappa shape index (κ2) is 5.66. The van der Waals surface area contributed by atoms with Crippen molar-refractivity contribution in [2.24, 2.45) is 7.05 Å². The molecule has 0 saturated heterocycles. The first-order valence-electron chi connectivity index (χ1n) is 6.38. The van der Waals surface area contributed by atoms with E-state index in [4.69, 9.17) is 0 Å². The maximum absolute atomic E-state index is 12.9. The Labute approximate surface area is 120 Å². The van der Waals surface area contributed by atoms with Crippen molar-refractivity contribution in [2.75, 3.05) is 5.32 Å². The van der Waals surface area contributed by atoms with Crippen molar-refractivity contribution in [3.63, 3.8) is 0 Å². The first-order chi connectivity index (χ1) is 10.2. The highest BCUT2D eigenvalue weighted by molar-refractivity contribution is 5.58. The Morgan fingerprint density at radius 3 is 2.71 bits per heavy atom. The van der Waals surface area contributed by atoms with E-state index in [1.165, 1.54) is 12.1 Å². The Morgan fingerprint density at radius 2 is 2.00 bits per heavy atom. The summed E-state index contributed by atoms with van der Waals surface area (Å²) in [6.45, 7) is 0.558. The zero-order valence-electron chi connectivity index (χ0n) is 11.4. The van der Waals surface area contributed by atoms with Crippen LogP contribution in [0.5, 0.6) is 0 Å². The van der Waals surface area contributed by atoms with Gasteiger partial charge in [0.1, 0.15) is 5.82 Å². The molecule has 106 valence electrons. The van der Waals surface area contributed by atoms with Crippen molar-refractivity contribution in [2.45, 2.75) is 6.54 Å². The van der Waals surface area contributed by atoms with Crippen LogP contribution in [-0.2, 0) is 13.6 Å². The molecule has 3 rings (SSSR count). The molecule has 2 heterocycles. The number of aromatic nitrogens is 5. The van der Waals surface area contributed by atoms with E-state index in [1.807, 2.05) is 13.2 Å². The zero-order valence-corrected chi connectivity index (χ0v) is 11.4. The quantitative estimate of drug-likeness (QED) is 0.794. The summed E-state index contributed by atoms with van der Waals surface area (Å²) in [6.07, 6.45) is 5.22. The minimum atomic E-state index is -0.282. The minimum Gasteiger partial charge on any atom is -0.349 e. The average molecular weight is 284 g/mol. The van der Waals surface area contributed by atoms with Crippen molar-refractivity contribution in [3.05, 3.63) is 54.2 Å². The van der Waals surface area contributed by atoms with E-state index in [0.717, 1.165) is 11.1 Å². The third kappa shape index (κ3) is 3.19. The van der Waals surface area contributed by atoms with E-state index in [9.17, 15) is 4.39 Å². The van der Waals surface area contributed by atoms with Gasteiger partial charge in [0.15, 0.2) is 0 Å². The molecule has 0 aliphatic heterocycles. The third-order valence-corrected chi connectivity index (χ3v) is 2.91. The molecule has 0 bridgehead atoms. The van der Waals surface area contributed by atoms with Crippen LogP contribution >= 0.6 is 0 Å². The zero-order chi connectivity index (χ0) is 14.7. The molecule has 0 spiro atoms. The molecular formula is C14H13FN6. The van der Waals surface area contributed by atoms with E-state index in [1.54, 1.807) is 29.2 Å². The Morgan fingerprint density at radius 1 is 1.19 bits per heavy atom. The van der Waals surface area contributed by atoms with E-state index < -0.39 is 0 Å². The van der Waals surface area contributed by atoms with Gasteiger partial charge in [0, 0.05) is 30.9 Å². The maximum Gasteiger partial charge on any atom is 0.243 e. The maximum atomic E-state index is 12.9. The van der Waals surface area contributed by atoms with Gasteiger partial charge < -0.3 is 5.32 Å². The first-order valence-corrected chi connectivity index (χ1v) is 6.38. The molecule has 21 heavy (non-hydrogen) atoms. The fourth-order valence-corrected chi connectivity index (χ4v) is 1.88. The molecule has 0 aliphatic carbocycles. The summed E-state index contributed by atoms with van der Waals surface area (Å²) < 4.78 is 14.7. The third-order valence-electron chi connectivity index (χ3n) is 2.91. The average Bonchev–Trinajstić information content (AvgIpc) is 2.92. The Balaban J connectivity index is 1.75. The lowest BCUT2D eigenvalue weighted by Gasteiger charge is -2.04. The van der Waals surface area contributed by atoms with Gasteiger partial charge in [0.05, 0.1) is 18.1 Å². The molecular weight excluding hydrogens is 271 g/mol. The summed E-state index contributed by atoms with van der Waals surface area (Å²) in [5, 5.41) is 15.0. The van der Waals surface area contributed by atoms with Crippen LogP contribution in [0.4, 0.5) is 10.3 Å². The smallest absolute Gasteiger partial charge is 0.243 e. The Bertz CT molecular complexity index is 737. The predicted molar refractivity (Wildman–Crippen MR) is 75.8 cm³/mol. The predicted octanol–water partition coefficient (Wildman–Crippen LogP) is 2.02. The second-order valence-electron chi connectivity index (χ2n) is 4.55. The van der Waals surface area contributed by atoms with E-state index in [0.29, 0.717) is 18.2 Å². The molecule has 7 heteroatoms. The lowest BCUT2D eigenvalue weighted by atomic mass is 10.2. The molecule has 0 saturated carbocycles. The van der Waals surface area contributed by atoms with Gasteiger partial charge >= 0.3 is 0 Å². The molecule has 1 aromatic carbocycles. The van der Waals surface area contributed by atoms with Crippen LogP contribution in [0.1, 0.15) is 5.56 Å². The van der Waals surface area contributed by atoms with Crippen LogP contribution < -0.4 is 5.32 Å². The monoisotopic (exact) mass is 284 g/mol. The molecule has 6 nitrogen and oxygen atoms in total. The normalized spacial score (nSPS) is 10.6. The van der Waals surface area contributed by atoms with Gasteiger partial charge in [-0.25, -0.2) is 9.37 Å². The van der Waals surface area contributed by atoms with Crippen molar-refractivity contribution in [1.82, 2.24) is 25.0 Å². The summed E-state index contributed by atoms with van der Waals surface area (Å²) in [5.41, 5.74) is 2.45. The number of nitrogens with one attached hydrogen (secondary N) is 1. The summed E-state index contributed by atoms with van der Waals surface area (Å²) in [4.78, 5) is 4.36. The Hall–Kier alpha value is -2.83. The van der Waals surface area contributed by atoms with Crippen LogP contribution in [0.25, 0.3) is 11.3 Å². The lowest BCUT2D eigenvalue weighted by Crippen LogP contribution is -2.04. The topological polar surface area (TPSA) is 68.5 Å². The highest BCUT2D eigenvalue weighted by Crippen LogP contribution is 2.17. The standard InChI is InChI=1S/C14H13FN6/c1-21-9-10(7-18-21)6-16-14-19-13(8-17-20-14)11-2-4-12(15)5-3-11/h2-5,7-9H,6H2,1H3,(H,16,19,20). The number of hydrogen-bond donors (Lipinski definition) is 1. The van der Waals surface area contributed by atoms with Crippen LogP contribution in [0.15, 0.2) is 42.9 Å². The van der Waals surface area contributed by atoms with Crippen LogP contribution in [0.3, 0.4) is 0 Å². The van der Waals surface area contributed by atoms with Crippen LogP contribution in [0.2, 0.25) is 0 Å². The van der Waals surface area contributed by atoms with Gasteiger partial charge in [-0.15, -0.1) is 5.10 Å². The van der Waals surface area contributed by atoms with Gasteiger partial charge in [-0.1, -0.05) is 0 Å². The number of halogens is 1. The number of hydrogen-bond acceptors (Lipinski definition) is 5. The molecule has 3 aromatic rings. The number of anilines is 1. The second-order valence-corrected chi connectivity index (χ2v) is 4.55. The van der Waals surface area contributed by atoms with Gasteiger partial charge in [-0.3, -0.25) is 4.68 Å². The molecule has 0 amide bonds. The Kier molecular flexibility index (Phi) is 3.55. The van der Waals surface area contributed by atoms with Crippen molar-refractivity contribution in [1.29, 1.82) is 0 Å². The van der Waals surface area contributed by atoms with E-state index in [2.05, 4.69) is 25.6 Å². The van der Waals surface area contributed by atoms with E-state index in [-0.39, 0.29) is 5.82 Å². The molecule has 0 atom stereocenters. The fraction of sp³-hybridized carbons (Fsp3) is 0.143. The van der Waals surface area contributed by atoms with Crippen molar-refractivity contribution < 1.29 is 4.39 Å². The summed E-state index contributed by atoms with van der Waals surface area (Å²) in [7, 11) is 1.86. The highest BCUT2D eigenvalue weighted by Gasteiger charge is 2.04. The molecule has 0 aliphatic rings. The number of aryl methyl sites for hydroxylation is 1. The minimum absolute atomic E-state index is 0.282. The largest absolute Gasteiger partial charge is 0.349 e. The summed E-state index contributed by atoms with van der Waals surface area (Å²) in [6, 6.07) is 6.09. The number of rotatable bonds is 4. The van der Waals surface area contributed by atoms with Gasteiger partial charge in [-0.05, 0) is 24.3 Å². The number of nitrogens with zero attached hydrogens (tertiary/aromatic N) is 5. The van der Waals surface area contributed by atoms with Crippen LogP contribution in [0, 0.1) is 5.82 Å². The SMILES string of the molecule is Cn1cc(CNc2nncc(-c3ccc(F)cc3)n2)cn1. The number of benzene rings is 1. The molecule has 2 aromatic heterocycles. The van der Waals surface area contributed by atoms with E-state index >= 15 is 0 Å². The molecule has 0 fully saturated rings. The van der Waals surface area contributed by atoms with Gasteiger partial charge in [-0.2, -0.15) is 10.2 Å². The lowest BCUT2D eigenvalue weighted by molar-refractivity contribution is 0.628. The molecule has 0 radical (unpaired) electrons. The molecule has 1 N–H and O–H groups in total. The van der Waals surface area contributed by atoms with Gasteiger partial charge in [0.2, 0.25) is 5.95 Å². The van der Waals surface area contributed by atoms with Crippen molar-refractivity contribution >= 4 is 5.95 Å². The van der Waals surface area contributed by atoms with Gasteiger partial charge in [0.25, 0.3) is 0 Å². The first kappa shape index (κ1) is 13.2. The fourth-order valence-electron chi connectivity index (χ4n) is 1.88. The van der Waals surface area contributed by atoms with Crippen LogP contribution in [-0.4, -0.2) is 25.0 Å².